The van der Waals surface area contributed by atoms with E-state index in [1.54, 1.807) is 16.7 Å². The molecule has 26 heavy (non-hydrogen) atoms. The zero-order chi connectivity index (χ0) is 18.5. The largest absolute Gasteiger partial charge is 0.293 e. The normalized spacial score (nSPS) is 11.0. The molecule has 2 aromatic heterocycles. The Bertz CT molecular complexity index is 987. The lowest BCUT2D eigenvalue weighted by atomic mass is 10.1. The van der Waals surface area contributed by atoms with E-state index >= 15 is 0 Å². The van der Waals surface area contributed by atoms with Crippen molar-refractivity contribution >= 4 is 39.1 Å². The number of allylic oxidation sites excluding steroid dienone is 1. The van der Waals surface area contributed by atoms with Crippen LogP contribution in [0.4, 0.5) is 0 Å². The molecule has 0 spiro atoms. The van der Waals surface area contributed by atoms with Crippen LogP contribution in [-0.4, -0.2) is 21.1 Å². The Morgan fingerprint density at radius 1 is 1.31 bits per heavy atom. The summed E-state index contributed by atoms with van der Waals surface area (Å²) in [5.41, 5.74) is 1.84. The maximum Gasteiger partial charge on any atom is 0.263 e. The van der Waals surface area contributed by atoms with Gasteiger partial charge in [0.05, 0.1) is 11.1 Å². The van der Waals surface area contributed by atoms with E-state index < -0.39 is 0 Å². The molecular weight excluding hydrogens is 364 g/mol. The van der Waals surface area contributed by atoms with E-state index in [-0.39, 0.29) is 17.1 Å². The van der Waals surface area contributed by atoms with Gasteiger partial charge in [0.2, 0.25) is 0 Å². The number of aromatic nitrogens is 2. The van der Waals surface area contributed by atoms with Crippen LogP contribution in [0.1, 0.15) is 29.3 Å². The molecule has 0 aliphatic rings. The summed E-state index contributed by atoms with van der Waals surface area (Å²) in [4.78, 5) is 30.4. The highest BCUT2D eigenvalue weighted by atomic mass is 32.2. The maximum absolute atomic E-state index is 12.6. The third-order valence-corrected chi connectivity index (χ3v) is 5.79. The molecule has 0 amide bonds. The Hall–Kier alpha value is -2.18. The second kappa shape index (κ2) is 8.47. The molecule has 0 aliphatic heterocycles. The van der Waals surface area contributed by atoms with Gasteiger partial charge < -0.3 is 0 Å². The van der Waals surface area contributed by atoms with E-state index in [2.05, 4.69) is 18.5 Å². The number of aryl methyl sites for hydroxylation is 1. The fraction of sp³-hybridized carbons (Fsp3) is 0.250. The van der Waals surface area contributed by atoms with Crippen molar-refractivity contribution in [1.82, 2.24) is 9.55 Å². The summed E-state index contributed by atoms with van der Waals surface area (Å²) in [6.45, 7) is 6.22. The Labute approximate surface area is 160 Å². The van der Waals surface area contributed by atoms with Gasteiger partial charge in [0, 0.05) is 12.1 Å². The molecule has 0 atom stereocenters. The van der Waals surface area contributed by atoms with Crippen molar-refractivity contribution in [2.45, 2.75) is 31.5 Å². The smallest absolute Gasteiger partial charge is 0.263 e. The predicted octanol–water partition coefficient (Wildman–Crippen LogP) is 4.57. The third kappa shape index (κ3) is 3.97. The highest BCUT2D eigenvalue weighted by Gasteiger charge is 2.14. The lowest BCUT2D eigenvalue weighted by Crippen LogP contribution is -2.22. The molecule has 0 saturated heterocycles. The van der Waals surface area contributed by atoms with Gasteiger partial charge in [-0.05, 0) is 23.4 Å². The number of nitrogens with zero attached hydrogens (tertiary/aromatic N) is 2. The molecule has 0 saturated carbocycles. The molecule has 0 fully saturated rings. The van der Waals surface area contributed by atoms with E-state index in [9.17, 15) is 9.59 Å². The molecule has 1 aromatic carbocycles. The first-order valence-electron chi connectivity index (χ1n) is 8.48. The van der Waals surface area contributed by atoms with Crippen molar-refractivity contribution in [2.24, 2.45) is 0 Å². The van der Waals surface area contributed by atoms with E-state index in [0.29, 0.717) is 27.5 Å². The SMILES string of the molecule is C=CCn1c(SCC(=O)c2ccc(CCC)cc2)nc2sccc2c1=O. The molecule has 0 aliphatic carbocycles. The Kier molecular flexibility index (Phi) is 6.06. The highest BCUT2D eigenvalue weighted by molar-refractivity contribution is 7.99. The number of Topliss-reactive ketones (excluding diaryl/α,β-unsaturated/α-hetero) is 1. The van der Waals surface area contributed by atoms with E-state index in [1.165, 1.54) is 28.7 Å². The molecule has 134 valence electrons. The fourth-order valence-electron chi connectivity index (χ4n) is 2.69. The summed E-state index contributed by atoms with van der Waals surface area (Å²) in [6.07, 6.45) is 3.77. The molecule has 3 rings (SSSR count). The van der Waals surface area contributed by atoms with Crippen molar-refractivity contribution in [3.8, 4) is 0 Å². The first kappa shape index (κ1) is 18.6. The molecular formula is C20H20N2O2S2. The van der Waals surface area contributed by atoms with Crippen molar-refractivity contribution in [3.05, 3.63) is 69.8 Å². The monoisotopic (exact) mass is 384 g/mol. The first-order chi connectivity index (χ1) is 12.6. The topological polar surface area (TPSA) is 52.0 Å². The number of ketones is 1. The van der Waals surface area contributed by atoms with E-state index in [4.69, 9.17) is 0 Å². The van der Waals surface area contributed by atoms with Crippen LogP contribution < -0.4 is 5.56 Å². The molecule has 3 aromatic rings. The van der Waals surface area contributed by atoms with Crippen LogP contribution in [0.3, 0.4) is 0 Å². The molecule has 0 bridgehead atoms. The minimum absolute atomic E-state index is 0.0312. The lowest BCUT2D eigenvalue weighted by Gasteiger charge is -2.09. The second-order valence-electron chi connectivity index (χ2n) is 5.90. The number of carbonyl (C=O) groups excluding carboxylic acids is 1. The molecule has 0 N–H and O–H groups in total. The quantitative estimate of drug-likeness (QED) is 0.247. The first-order valence-corrected chi connectivity index (χ1v) is 10.3. The van der Waals surface area contributed by atoms with Crippen LogP contribution in [-0.2, 0) is 13.0 Å². The Balaban J connectivity index is 1.80. The third-order valence-electron chi connectivity index (χ3n) is 4.01. The summed E-state index contributed by atoms with van der Waals surface area (Å²) in [5, 5.41) is 3.02. The van der Waals surface area contributed by atoms with Gasteiger partial charge >= 0.3 is 0 Å². The number of fused-ring (bicyclic) bond motifs is 1. The number of thioether (sulfide) groups is 1. The highest BCUT2D eigenvalue weighted by Crippen LogP contribution is 2.22. The standard InChI is InChI=1S/C20H20N2O2S2/c1-3-5-14-6-8-15(9-7-14)17(23)13-26-20-21-18-16(10-12-25-18)19(24)22(20)11-4-2/h4,6-10,12H,2-3,5,11,13H2,1H3. The van der Waals surface area contributed by atoms with Crippen LogP contribution in [0.5, 0.6) is 0 Å². The zero-order valence-corrected chi connectivity index (χ0v) is 16.2. The molecule has 4 nitrogen and oxygen atoms in total. The Morgan fingerprint density at radius 3 is 2.77 bits per heavy atom. The fourth-order valence-corrected chi connectivity index (χ4v) is 4.40. The summed E-state index contributed by atoms with van der Waals surface area (Å²) < 4.78 is 1.57. The van der Waals surface area contributed by atoms with Crippen LogP contribution in [0.2, 0.25) is 0 Å². The number of benzene rings is 1. The van der Waals surface area contributed by atoms with Crippen molar-refractivity contribution < 1.29 is 4.79 Å². The average molecular weight is 385 g/mol. The van der Waals surface area contributed by atoms with Crippen molar-refractivity contribution in [2.75, 3.05) is 5.75 Å². The van der Waals surface area contributed by atoms with Crippen molar-refractivity contribution in [1.29, 1.82) is 0 Å². The van der Waals surface area contributed by atoms with Gasteiger partial charge in [-0.3, -0.25) is 14.2 Å². The number of rotatable bonds is 8. The summed E-state index contributed by atoms with van der Waals surface area (Å²) in [5.74, 6) is 0.275. The zero-order valence-electron chi connectivity index (χ0n) is 14.6. The molecule has 0 radical (unpaired) electrons. The number of hydrogen-bond donors (Lipinski definition) is 0. The van der Waals surface area contributed by atoms with E-state index in [0.717, 1.165) is 12.8 Å². The number of hydrogen-bond acceptors (Lipinski definition) is 5. The average Bonchev–Trinajstić information content (AvgIpc) is 3.12. The second-order valence-corrected chi connectivity index (χ2v) is 7.73. The Morgan fingerprint density at radius 2 is 2.08 bits per heavy atom. The minimum atomic E-state index is -0.0879. The van der Waals surface area contributed by atoms with Gasteiger partial charge in [0.15, 0.2) is 10.9 Å². The maximum atomic E-state index is 12.6. The lowest BCUT2D eigenvalue weighted by molar-refractivity contribution is 0.102. The molecule has 2 heterocycles. The van der Waals surface area contributed by atoms with Gasteiger partial charge in [0.1, 0.15) is 4.83 Å². The van der Waals surface area contributed by atoms with Crippen LogP contribution >= 0.6 is 23.1 Å². The van der Waals surface area contributed by atoms with Gasteiger partial charge in [-0.1, -0.05) is 55.4 Å². The number of carbonyl (C=O) groups is 1. The minimum Gasteiger partial charge on any atom is -0.293 e. The van der Waals surface area contributed by atoms with Crippen LogP contribution in [0, 0.1) is 0 Å². The van der Waals surface area contributed by atoms with Gasteiger partial charge in [0.25, 0.3) is 5.56 Å². The summed E-state index contributed by atoms with van der Waals surface area (Å²) in [6, 6.07) is 9.55. The van der Waals surface area contributed by atoms with Crippen LogP contribution in [0.25, 0.3) is 10.2 Å². The summed E-state index contributed by atoms with van der Waals surface area (Å²) in [7, 11) is 0. The molecule has 0 unspecified atom stereocenters. The predicted molar refractivity (Wildman–Crippen MR) is 110 cm³/mol. The van der Waals surface area contributed by atoms with Gasteiger partial charge in [-0.25, -0.2) is 4.98 Å². The summed E-state index contributed by atoms with van der Waals surface area (Å²) >= 11 is 2.73. The van der Waals surface area contributed by atoms with Crippen molar-refractivity contribution in [3.63, 3.8) is 0 Å². The van der Waals surface area contributed by atoms with Crippen LogP contribution in [0.15, 0.2) is 58.3 Å². The number of thiophene rings is 1. The van der Waals surface area contributed by atoms with E-state index in [1.807, 2.05) is 29.6 Å². The van der Waals surface area contributed by atoms with Gasteiger partial charge in [-0.2, -0.15) is 0 Å². The van der Waals surface area contributed by atoms with Gasteiger partial charge in [-0.15, -0.1) is 17.9 Å². The molecule has 6 heteroatoms.